The van der Waals surface area contributed by atoms with Crippen LogP contribution in [-0.2, 0) is 22.7 Å². The maximum Gasteiger partial charge on any atom is 0.373 e. The predicted octanol–water partition coefficient (Wildman–Crippen LogP) is 5.20. The topological polar surface area (TPSA) is 98.1 Å². The molecule has 3 amide bonds. The molecule has 2 heterocycles. The number of amides is 3. The number of hydrogen-bond acceptors (Lipinski definition) is 6. The number of ether oxygens (including phenoxy) is 2. The normalized spacial score (nSPS) is 14.3. The van der Waals surface area contributed by atoms with Crippen LogP contribution in [-0.4, -0.2) is 29.9 Å². The number of imide groups is 1. The molecule has 1 saturated heterocycles. The molecule has 0 aliphatic carbocycles. The number of aryl methyl sites for hydroxylation is 1. The Kier molecular flexibility index (Phi) is 6.47. The van der Waals surface area contributed by atoms with E-state index in [1.807, 2.05) is 61.5 Å². The number of rotatable bonds is 7. The highest BCUT2D eigenvalue weighted by Gasteiger charge is 2.34. The molecule has 1 aromatic heterocycles. The van der Waals surface area contributed by atoms with E-state index in [1.54, 1.807) is 6.08 Å². The van der Waals surface area contributed by atoms with E-state index in [2.05, 4.69) is 16.1 Å². The molecule has 0 spiro atoms. The van der Waals surface area contributed by atoms with Crippen LogP contribution in [0.3, 0.4) is 0 Å². The summed E-state index contributed by atoms with van der Waals surface area (Å²) in [7, 11) is 1.24. The molecule has 1 N–H and O–H groups in total. The van der Waals surface area contributed by atoms with Crippen LogP contribution in [0.4, 0.5) is 4.79 Å². The number of furan rings is 1. The molecule has 3 aromatic carbocycles. The van der Waals surface area contributed by atoms with Crippen LogP contribution in [0, 0.1) is 6.92 Å². The van der Waals surface area contributed by atoms with Crippen molar-refractivity contribution in [2.75, 3.05) is 7.11 Å². The second-order valence-corrected chi connectivity index (χ2v) is 8.61. The van der Waals surface area contributed by atoms with Gasteiger partial charge in [-0.3, -0.25) is 9.69 Å². The number of carbonyl (C=O) groups is 3. The number of benzene rings is 3. The summed E-state index contributed by atoms with van der Waals surface area (Å²) in [6.45, 7) is 2.24. The molecule has 0 atom stereocenters. The van der Waals surface area contributed by atoms with Crippen molar-refractivity contribution < 1.29 is 28.3 Å². The Hall–Kier alpha value is -4.85. The van der Waals surface area contributed by atoms with Gasteiger partial charge in [-0.05, 0) is 47.5 Å². The SMILES string of the molecule is COC(=O)c1ccc(CN2C(=O)NC(=Cc3c(OCc4cccc(C)c4)ccc4ccccc34)C2=O)o1. The highest BCUT2D eigenvalue weighted by molar-refractivity contribution is 6.14. The zero-order valence-corrected chi connectivity index (χ0v) is 20.3. The van der Waals surface area contributed by atoms with Crippen molar-refractivity contribution in [3.63, 3.8) is 0 Å². The molecule has 0 bridgehead atoms. The summed E-state index contributed by atoms with van der Waals surface area (Å²) in [4.78, 5) is 38.5. The third-order valence-electron chi connectivity index (χ3n) is 6.02. The van der Waals surface area contributed by atoms with Crippen LogP contribution in [0.15, 0.2) is 82.9 Å². The Morgan fingerprint density at radius 2 is 1.86 bits per heavy atom. The number of hydrogen-bond donors (Lipinski definition) is 1. The average molecular weight is 497 g/mol. The highest BCUT2D eigenvalue weighted by atomic mass is 16.5. The molecule has 0 saturated carbocycles. The summed E-state index contributed by atoms with van der Waals surface area (Å²) in [5.74, 6) is -0.303. The van der Waals surface area contributed by atoms with Crippen molar-refractivity contribution in [3.8, 4) is 5.75 Å². The number of urea groups is 1. The molecule has 8 heteroatoms. The van der Waals surface area contributed by atoms with Gasteiger partial charge in [0, 0.05) is 5.56 Å². The number of fused-ring (bicyclic) bond motifs is 1. The van der Waals surface area contributed by atoms with E-state index in [1.165, 1.54) is 19.2 Å². The first-order chi connectivity index (χ1) is 17.9. The van der Waals surface area contributed by atoms with Gasteiger partial charge in [-0.1, -0.05) is 60.2 Å². The third kappa shape index (κ3) is 4.95. The second kappa shape index (κ2) is 10.0. The number of nitrogens with zero attached hydrogens (tertiary/aromatic N) is 1. The molecule has 0 radical (unpaired) electrons. The summed E-state index contributed by atoms with van der Waals surface area (Å²) < 4.78 is 16.2. The fourth-order valence-corrected chi connectivity index (χ4v) is 4.20. The van der Waals surface area contributed by atoms with Gasteiger partial charge >= 0.3 is 12.0 Å². The van der Waals surface area contributed by atoms with Crippen LogP contribution in [0.1, 0.15) is 33.0 Å². The number of nitrogens with one attached hydrogen (secondary N) is 1. The molecule has 1 aliphatic heterocycles. The lowest BCUT2D eigenvalue weighted by atomic mass is 10.0. The van der Waals surface area contributed by atoms with Gasteiger partial charge in [-0.25, -0.2) is 9.59 Å². The summed E-state index contributed by atoms with van der Waals surface area (Å²) in [6.07, 6.45) is 1.64. The number of carbonyl (C=O) groups excluding carboxylic acids is 3. The molecule has 0 unspecified atom stereocenters. The van der Waals surface area contributed by atoms with Crippen LogP contribution < -0.4 is 10.1 Å². The Morgan fingerprint density at radius 3 is 2.68 bits per heavy atom. The Labute approximate surface area is 213 Å². The molecular formula is C29H24N2O6. The lowest BCUT2D eigenvalue weighted by molar-refractivity contribution is -0.123. The first kappa shape index (κ1) is 23.9. The minimum atomic E-state index is -0.641. The lowest BCUT2D eigenvalue weighted by Gasteiger charge is -2.13. The quantitative estimate of drug-likeness (QED) is 0.215. The van der Waals surface area contributed by atoms with Gasteiger partial charge in [0.2, 0.25) is 5.76 Å². The van der Waals surface area contributed by atoms with Crippen molar-refractivity contribution in [1.29, 1.82) is 0 Å². The zero-order valence-electron chi connectivity index (χ0n) is 20.3. The molecule has 8 nitrogen and oxygen atoms in total. The van der Waals surface area contributed by atoms with E-state index in [0.717, 1.165) is 26.8 Å². The Balaban J connectivity index is 1.44. The van der Waals surface area contributed by atoms with E-state index in [-0.39, 0.29) is 23.8 Å². The molecule has 4 aromatic rings. The molecular weight excluding hydrogens is 472 g/mol. The Bertz CT molecular complexity index is 1550. The molecule has 1 aliphatic rings. The van der Waals surface area contributed by atoms with E-state index in [4.69, 9.17) is 9.15 Å². The largest absolute Gasteiger partial charge is 0.488 e. The molecule has 1 fully saturated rings. The standard InChI is InChI=1S/C29H24N2O6/c1-18-6-5-7-19(14-18)17-36-25-12-10-20-8-3-4-9-22(20)23(25)15-24-27(32)31(29(34)30-24)16-21-11-13-26(37-21)28(33)35-2/h3-15H,16-17H2,1-2H3,(H,30,34). The highest BCUT2D eigenvalue weighted by Crippen LogP contribution is 2.32. The fraction of sp³-hybridized carbons (Fsp3) is 0.138. The van der Waals surface area contributed by atoms with Gasteiger partial charge < -0.3 is 19.2 Å². The summed E-state index contributed by atoms with van der Waals surface area (Å²) in [5, 5.41) is 4.50. The van der Waals surface area contributed by atoms with Gasteiger partial charge in [-0.15, -0.1) is 0 Å². The van der Waals surface area contributed by atoms with Crippen molar-refractivity contribution in [3.05, 3.63) is 107 Å². The van der Waals surface area contributed by atoms with Crippen LogP contribution in [0.2, 0.25) is 0 Å². The van der Waals surface area contributed by atoms with E-state index in [0.29, 0.717) is 17.9 Å². The number of esters is 1. The van der Waals surface area contributed by atoms with Crippen molar-refractivity contribution in [1.82, 2.24) is 10.2 Å². The first-order valence-electron chi connectivity index (χ1n) is 11.6. The van der Waals surface area contributed by atoms with Crippen molar-refractivity contribution in [2.24, 2.45) is 0 Å². The van der Waals surface area contributed by atoms with Crippen molar-refractivity contribution in [2.45, 2.75) is 20.1 Å². The second-order valence-electron chi connectivity index (χ2n) is 8.61. The third-order valence-corrected chi connectivity index (χ3v) is 6.02. The Morgan fingerprint density at radius 1 is 1.03 bits per heavy atom. The fourth-order valence-electron chi connectivity index (χ4n) is 4.20. The van der Waals surface area contributed by atoms with Crippen LogP contribution in [0.5, 0.6) is 5.75 Å². The van der Waals surface area contributed by atoms with E-state index < -0.39 is 17.9 Å². The minimum absolute atomic E-state index is 0.00789. The van der Waals surface area contributed by atoms with Gasteiger partial charge in [0.25, 0.3) is 5.91 Å². The van der Waals surface area contributed by atoms with Gasteiger partial charge in [0.15, 0.2) is 0 Å². The van der Waals surface area contributed by atoms with Gasteiger partial charge in [-0.2, -0.15) is 0 Å². The van der Waals surface area contributed by atoms with E-state index >= 15 is 0 Å². The zero-order chi connectivity index (χ0) is 25.9. The summed E-state index contributed by atoms with van der Waals surface area (Å²) in [5.41, 5.74) is 2.95. The van der Waals surface area contributed by atoms with Crippen LogP contribution >= 0.6 is 0 Å². The summed E-state index contributed by atoms with van der Waals surface area (Å²) >= 11 is 0. The van der Waals surface area contributed by atoms with Crippen LogP contribution in [0.25, 0.3) is 16.8 Å². The average Bonchev–Trinajstić information content (AvgIpc) is 3.48. The predicted molar refractivity (Wildman–Crippen MR) is 137 cm³/mol. The first-order valence-corrected chi connectivity index (χ1v) is 11.6. The van der Waals surface area contributed by atoms with Gasteiger partial charge in [0.05, 0.1) is 13.7 Å². The molecule has 37 heavy (non-hydrogen) atoms. The number of methoxy groups -OCH3 is 1. The molecule has 5 rings (SSSR count). The monoisotopic (exact) mass is 496 g/mol. The van der Waals surface area contributed by atoms with Crippen molar-refractivity contribution >= 4 is 34.8 Å². The lowest BCUT2D eigenvalue weighted by Crippen LogP contribution is -2.30. The maximum absolute atomic E-state index is 13.2. The molecule has 186 valence electrons. The maximum atomic E-state index is 13.2. The summed E-state index contributed by atoms with van der Waals surface area (Å²) in [6, 6.07) is 22.0. The minimum Gasteiger partial charge on any atom is -0.488 e. The van der Waals surface area contributed by atoms with Gasteiger partial charge in [0.1, 0.15) is 23.8 Å². The van der Waals surface area contributed by atoms with E-state index in [9.17, 15) is 14.4 Å². The smallest absolute Gasteiger partial charge is 0.373 e.